The second-order valence-electron chi connectivity index (χ2n) is 6.75. The molecule has 3 heterocycles. The highest BCUT2D eigenvalue weighted by molar-refractivity contribution is 6.22. The van der Waals surface area contributed by atoms with E-state index in [2.05, 4.69) is 18.2 Å². The van der Waals surface area contributed by atoms with E-state index in [-0.39, 0.29) is 41.8 Å². The van der Waals surface area contributed by atoms with Gasteiger partial charge >= 0.3 is 0 Å². The quantitative estimate of drug-likeness (QED) is 0.591. The van der Waals surface area contributed by atoms with Crippen molar-refractivity contribution in [2.45, 2.75) is 25.0 Å². The van der Waals surface area contributed by atoms with Crippen LogP contribution in [0, 0.1) is 17.8 Å². The van der Waals surface area contributed by atoms with Gasteiger partial charge in [0.15, 0.2) is 0 Å². The zero-order valence-electron chi connectivity index (χ0n) is 12.6. The van der Waals surface area contributed by atoms with Crippen LogP contribution in [0.1, 0.15) is 12.8 Å². The Balaban J connectivity index is 1.56. The molecule has 3 aliphatic heterocycles. The molecule has 5 rings (SSSR count). The van der Waals surface area contributed by atoms with Crippen molar-refractivity contribution in [3.63, 3.8) is 0 Å². The summed E-state index contributed by atoms with van der Waals surface area (Å²) in [5.41, 5.74) is 1.98. The lowest BCUT2D eigenvalue weighted by Gasteiger charge is -2.39. The number of rotatable bonds is 1. The molecule has 2 saturated heterocycles. The minimum Gasteiger partial charge on any atom is -0.366 e. The Morgan fingerprint density at radius 1 is 1.00 bits per heavy atom. The van der Waals surface area contributed by atoms with Gasteiger partial charge in [0, 0.05) is 5.92 Å². The van der Waals surface area contributed by atoms with E-state index in [1.54, 1.807) is 0 Å². The molecule has 23 heavy (non-hydrogen) atoms. The lowest BCUT2D eigenvalue weighted by molar-refractivity contribution is -0.125. The van der Waals surface area contributed by atoms with E-state index >= 15 is 0 Å². The summed E-state index contributed by atoms with van der Waals surface area (Å²) in [6.07, 6.45) is 7.96. The first-order valence-corrected chi connectivity index (χ1v) is 8.19. The second-order valence-corrected chi connectivity index (χ2v) is 6.75. The van der Waals surface area contributed by atoms with Crippen LogP contribution in [0.5, 0.6) is 0 Å². The summed E-state index contributed by atoms with van der Waals surface area (Å²) in [6.45, 7) is 0. The van der Waals surface area contributed by atoms with E-state index in [0.29, 0.717) is 12.1 Å². The van der Waals surface area contributed by atoms with E-state index in [0.717, 1.165) is 6.42 Å². The Morgan fingerprint density at radius 2 is 1.83 bits per heavy atom. The molecule has 0 spiro atoms. The number of amides is 2. The number of carbonyl (C=O) groups is 2. The fraction of sp³-hybridized carbons (Fsp3) is 0.368. The van der Waals surface area contributed by atoms with E-state index in [1.807, 2.05) is 30.3 Å². The largest absolute Gasteiger partial charge is 0.366 e. The summed E-state index contributed by atoms with van der Waals surface area (Å²) < 4.78 is 5.97. The van der Waals surface area contributed by atoms with Gasteiger partial charge in [-0.3, -0.25) is 14.5 Å². The lowest BCUT2D eigenvalue weighted by atomic mass is 9.69. The number of ether oxygens (including phenoxy) is 1. The Hall–Kier alpha value is -2.20. The summed E-state index contributed by atoms with van der Waals surface area (Å²) in [5, 5.41) is 0. The fourth-order valence-corrected chi connectivity index (χ4v) is 4.59. The summed E-state index contributed by atoms with van der Waals surface area (Å²) in [6, 6.07) is 9.25. The van der Waals surface area contributed by atoms with Crippen LogP contribution in [0.25, 0.3) is 0 Å². The first-order chi connectivity index (χ1) is 11.2. The van der Waals surface area contributed by atoms with E-state index in [1.165, 1.54) is 10.5 Å². The Morgan fingerprint density at radius 3 is 2.65 bits per heavy atom. The average Bonchev–Trinajstić information content (AvgIpc) is 3.07. The Labute approximate surface area is 134 Å². The van der Waals surface area contributed by atoms with Gasteiger partial charge in [-0.25, -0.2) is 0 Å². The fourth-order valence-electron chi connectivity index (χ4n) is 4.59. The SMILES string of the molecule is O=C1[C@H]2[C@@H]3C(=CC[C@H]2C(=O)N1c1ccccc1)C[C@H]1C=C[C@@H]3O1. The number of carbonyl (C=O) groups excluding carboxylic acids is 2. The van der Waals surface area contributed by atoms with Crippen LogP contribution in [-0.2, 0) is 14.3 Å². The third-order valence-corrected chi connectivity index (χ3v) is 5.58. The number of imide groups is 1. The normalized spacial score (nSPS) is 37.7. The Bertz CT molecular complexity index is 751. The smallest absolute Gasteiger partial charge is 0.238 e. The summed E-state index contributed by atoms with van der Waals surface area (Å²) >= 11 is 0. The molecule has 1 aliphatic carbocycles. The van der Waals surface area contributed by atoms with Gasteiger partial charge in [-0.05, 0) is 25.0 Å². The zero-order valence-corrected chi connectivity index (χ0v) is 12.6. The molecule has 2 amide bonds. The monoisotopic (exact) mass is 307 g/mol. The molecule has 5 atom stereocenters. The number of hydrogen-bond donors (Lipinski definition) is 0. The number of benzene rings is 1. The van der Waals surface area contributed by atoms with Crippen LogP contribution < -0.4 is 4.90 Å². The molecule has 0 saturated carbocycles. The van der Waals surface area contributed by atoms with Crippen LogP contribution >= 0.6 is 0 Å². The Kier molecular flexibility index (Phi) is 2.68. The standard InChI is InChI=1S/C19H17NO3/c21-18-14-8-6-11-10-13-7-9-15(23-13)16(11)17(14)19(22)20(18)12-4-2-1-3-5-12/h1-7,9,13-17H,8,10H2/t13-,14-,15+,16-,17-/m1/s1. The van der Waals surface area contributed by atoms with Gasteiger partial charge in [0.2, 0.25) is 11.8 Å². The van der Waals surface area contributed by atoms with Gasteiger partial charge in [0.1, 0.15) is 0 Å². The van der Waals surface area contributed by atoms with Crippen LogP contribution in [0.15, 0.2) is 54.1 Å². The zero-order chi connectivity index (χ0) is 15.6. The molecule has 0 N–H and O–H groups in total. The van der Waals surface area contributed by atoms with Crippen molar-refractivity contribution < 1.29 is 14.3 Å². The second kappa shape index (κ2) is 4.65. The maximum absolute atomic E-state index is 13.1. The molecule has 4 aliphatic rings. The van der Waals surface area contributed by atoms with Gasteiger partial charge in [-0.15, -0.1) is 0 Å². The van der Waals surface area contributed by atoms with E-state index in [4.69, 9.17) is 4.74 Å². The number of fused-ring (bicyclic) bond motifs is 6. The van der Waals surface area contributed by atoms with Crippen LogP contribution in [0.3, 0.4) is 0 Å². The summed E-state index contributed by atoms with van der Waals surface area (Å²) in [7, 11) is 0. The minimum absolute atomic E-state index is 0.0221. The predicted octanol–water partition coefficient (Wildman–Crippen LogP) is 2.47. The van der Waals surface area contributed by atoms with E-state index < -0.39 is 0 Å². The summed E-state index contributed by atoms with van der Waals surface area (Å²) in [5.74, 6) is -0.634. The first-order valence-electron chi connectivity index (χ1n) is 8.19. The van der Waals surface area contributed by atoms with Crippen molar-refractivity contribution in [3.05, 3.63) is 54.1 Å². The number of para-hydroxylation sites is 1. The van der Waals surface area contributed by atoms with Gasteiger partial charge in [-0.2, -0.15) is 0 Å². The maximum atomic E-state index is 13.1. The number of anilines is 1. The molecule has 1 aromatic rings. The summed E-state index contributed by atoms with van der Waals surface area (Å²) in [4.78, 5) is 27.3. The van der Waals surface area contributed by atoms with Crippen LogP contribution in [-0.4, -0.2) is 24.0 Å². The van der Waals surface area contributed by atoms with Crippen molar-refractivity contribution in [1.29, 1.82) is 0 Å². The molecule has 2 fully saturated rings. The number of allylic oxidation sites excluding steroid dienone is 1. The molecule has 2 bridgehead atoms. The highest BCUT2D eigenvalue weighted by atomic mass is 16.5. The van der Waals surface area contributed by atoms with Crippen LogP contribution in [0.2, 0.25) is 0 Å². The predicted molar refractivity (Wildman–Crippen MR) is 84.5 cm³/mol. The lowest BCUT2D eigenvalue weighted by Crippen LogP contribution is -2.42. The van der Waals surface area contributed by atoms with Crippen molar-refractivity contribution >= 4 is 17.5 Å². The average molecular weight is 307 g/mol. The molecule has 0 aromatic heterocycles. The molecule has 116 valence electrons. The van der Waals surface area contributed by atoms with Gasteiger partial charge in [-0.1, -0.05) is 42.0 Å². The van der Waals surface area contributed by atoms with Crippen LogP contribution in [0.4, 0.5) is 5.69 Å². The first kappa shape index (κ1) is 13.3. The maximum Gasteiger partial charge on any atom is 0.238 e. The minimum atomic E-state index is -0.281. The third kappa shape index (κ3) is 1.75. The molecular weight excluding hydrogens is 290 g/mol. The van der Waals surface area contributed by atoms with Crippen molar-refractivity contribution in [2.24, 2.45) is 17.8 Å². The van der Waals surface area contributed by atoms with Crippen molar-refractivity contribution in [1.82, 2.24) is 0 Å². The molecule has 0 radical (unpaired) electrons. The third-order valence-electron chi connectivity index (χ3n) is 5.58. The molecule has 4 nitrogen and oxygen atoms in total. The molecule has 4 heteroatoms. The number of hydrogen-bond acceptors (Lipinski definition) is 3. The van der Waals surface area contributed by atoms with Gasteiger partial charge in [0.05, 0.1) is 29.7 Å². The van der Waals surface area contributed by atoms with E-state index in [9.17, 15) is 9.59 Å². The van der Waals surface area contributed by atoms with Crippen molar-refractivity contribution in [2.75, 3.05) is 4.90 Å². The van der Waals surface area contributed by atoms with Gasteiger partial charge in [0.25, 0.3) is 0 Å². The topological polar surface area (TPSA) is 46.6 Å². The highest BCUT2D eigenvalue weighted by Gasteiger charge is 2.56. The number of nitrogens with zero attached hydrogens (tertiary/aromatic N) is 1. The molecule has 0 unspecified atom stereocenters. The highest BCUT2D eigenvalue weighted by Crippen LogP contribution is 2.50. The molecular formula is C19H17NO3. The van der Waals surface area contributed by atoms with Gasteiger partial charge < -0.3 is 4.74 Å². The molecule has 1 aromatic carbocycles. The van der Waals surface area contributed by atoms with Crippen molar-refractivity contribution in [3.8, 4) is 0 Å².